The van der Waals surface area contributed by atoms with Crippen LogP contribution in [0.5, 0.6) is 0 Å². The molecule has 0 amide bonds. The first-order chi connectivity index (χ1) is 12.1. The lowest BCUT2D eigenvalue weighted by Crippen LogP contribution is -2.46. The summed E-state index contributed by atoms with van der Waals surface area (Å²) in [4.78, 5) is 8.87. The van der Waals surface area contributed by atoms with Crippen molar-refractivity contribution < 1.29 is 0 Å². The van der Waals surface area contributed by atoms with Gasteiger partial charge >= 0.3 is 0 Å². The molecule has 0 aliphatic carbocycles. The predicted molar refractivity (Wildman–Crippen MR) is 109 cm³/mol. The van der Waals surface area contributed by atoms with Crippen LogP contribution < -0.4 is 0 Å². The molecule has 1 saturated heterocycles. The topological polar surface area (TPSA) is 9.72 Å². The van der Waals surface area contributed by atoms with Crippen LogP contribution in [0.2, 0.25) is 0 Å². The Morgan fingerprint density at radius 3 is 2.44 bits per heavy atom. The van der Waals surface area contributed by atoms with Crippen LogP contribution in [0, 0.1) is 6.92 Å². The van der Waals surface area contributed by atoms with E-state index in [2.05, 4.69) is 71.4 Å². The highest BCUT2D eigenvalue weighted by atomic mass is 32.1. The van der Waals surface area contributed by atoms with Crippen LogP contribution in [0.25, 0.3) is 11.1 Å². The molecule has 0 N–H and O–H groups in total. The Labute approximate surface area is 156 Å². The molecule has 0 spiro atoms. The zero-order chi connectivity index (χ0) is 17.6. The van der Waals surface area contributed by atoms with Crippen molar-refractivity contribution in [3.05, 3.63) is 46.2 Å². The second-order valence-corrected chi connectivity index (χ2v) is 8.54. The van der Waals surface area contributed by atoms with Crippen molar-refractivity contribution in [2.45, 2.75) is 19.9 Å². The van der Waals surface area contributed by atoms with E-state index in [1.54, 1.807) is 0 Å². The highest BCUT2D eigenvalue weighted by molar-refractivity contribution is 7.10. The summed E-state index contributed by atoms with van der Waals surface area (Å²) in [6, 6.07) is 11.4. The summed E-state index contributed by atoms with van der Waals surface area (Å²) >= 11 is 1.83. The van der Waals surface area contributed by atoms with Gasteiger partial charge < -0.3 is 9.80 Å². The van der Waals surface area contributed by atoms with Gasteiger partial charge in [0.15, 0.2) is 0 Å². The fraction of sp³-hybridized carbons (Fsp3) is 0.524. The average molecular weight is 358 g/mol. The van der Waals surface area contributed by atoms with E-state index in [0.717, 1.165) is 6.54 Å². The molecule has 0 saturated carbocycles. The van der Waals surface area contributed by atoms with Gasteiger partial charge in [0, 0.05) is 37.6 Å². The molecule has 4 heteroatoms. The van der Waals surface area contributed by atoms with Gasteiger partial charge in [0.1, 0.15) is 0 Å². The highest BCUT2D eigenvalue weighted by Crippen LogP contribution is 2.26. The second kappa shape index (κ2) is 8.95. The molecule has 0 atom stereocenters. The van der Waals surface area contributed by atoms with Crippen LogP contribution >= 0.6 is 11.3 Å². The fourth-order valence-electron chi connectivity index (χ4n) is 3.48. The van der Waals surface area contributed by atoms with Gasteiger partial charge in [-0.25, -0.2) is 0 Å². The number of hydrogen-bond donors (Lipinski definition) is 0. The van der Waals surface area contributed by atoms with Gasteiger partial charge in [0.2, 0.25) is 0 Å². The summed E-state index contributed by atoms with van der Waals surface area (Å²) in [5.74, 6) is 0. The summed E-state index contributed by atoms with van der Waals surface area (Å²) in [6.07, 6.45) is 1.27. The van der Waals surface area contributed by atoms with E-state index >= 15 is 0 Å². The van der Waals surface area contributed by atoms with Crippen molar-refractivity contribution in [2.75, 3.05) is 53.4 Å². The van der Waals surface area contributed by atoms with E-state index < -0.39 is 0 Å². The lowest BCUT2D eigenvalue weighted by Gasteiger charge is -2.35. The first-order valence-electron chi connectivity index (χ1n) is 9.34. The molecule has 1 aromatic heterocycles. The number of benzene rings is 1. The quantitative estimate of drug-likeness (QED) is 0.746. The van der Waals surface area contributed by atoms with Crippen LogP contribution in [-0.2, 0) is 6.54 Å². The van der Waals surface area contributed by atoms with Gasteiger partial charge in [-0.3, -0.25) is 4.90 Å². The number of rotatable bonds is 7. The van der Waals surface area contributed by atoms with Crippen LogP contribution in [0.15, 0.2) is 35.7 Å². The minimum absolute atomic E-state index is 1.07. The molecule has 1 aromatic carbocycles. The van der Waals surface area contributed by atoms with Crippen molar-refractivity contribution in [3.8, 4) is 11.1 Å². The molecule has 2 heterocycles. The van der Waals surface area contributed by atoms with Gasteiger partial charge in [0.25, 0.3) is 0 Å². The maximum atomic E-state index is 2.62. The third kappa shape index (κ3) is 5.65. The van der Waals surface area contributed by atoms with Crippen molar-refractivity contribution in [2.24, 2.45) is 0 Å². The van der Waals surface area contributed by atoms with Gasteiger partial charge in [-0.15, -0.1) is 11.3 Å². The summed E-state index contributed by atoms with van der Waals surface area (Å²) < 4.78 is 0. The minimum Gasteiger partial charge on any atom is -0.309 e. The average Bonchev–Trinajstić information content (AvgIpc) is 3.03. The van der Waals surface area contributed by atoms with E-state index in [4.69, 9.17) is 0 Å². The molecule has 3 rings (SSSR count). The summed E-state index contributed by atoms with van der Waals surface area (Å²) in [7, 11) is 4.31. The van der Waals surface area contributed by atoms with E-state index in [1.807, 2.05) is 11.3 Å². The number of hydrogen-bond acceptors (Lipinski definition) is 4. The monoisotopic (exact) mass is 357 g/mol. The van der Waals surface area contributed by atoms with Gasteiger partial charge in [-0.1, -0.05) is 18.2 Å². The van der Waals surface area contributed by atoms with E-state index in [9.17, 15) is 0 Å². The highest BCUT2D eigenvalue weighted by Gasteiger charge is 2.16. The SMILES string of the molecule is Cc1cc(-c2cccc(CN3CCN(CCCN(C)C)CC3)c2)cs1. The van der Waals surface area contributed by atoms with Crippen LogP contribution in [0.1, 0.15) is 16.9 Å². The molecule has 1 aliphatic heterocycles. The Balaban J connectivity index is 1.49. The second-order valence-electron chi connectivity index (χ2n) is 7.42. The Bertz CT molecular complexity index is 657. The normalized spacial score (nSPS) is 16.6. The largest absolute Gasteiger partial charge is 0.309 e. The molecule has 1 aliphatic rings. The Kier molecular flexibility index (Phi) is 6.65. The van der Waals surface area contributed by atoms with Gasteiger partial charge in [-0.2, -0.15) is 0 Å². The van der Waals surface area contributed by atoms with E-state index in [1.165, 1.54) is 67.3 Å². The number of thiophene rings is 1. The summed E-state index contributed by atoms with van der Waals surface area (Å²) in [5, 5.41) is 2.26. The molecule has 3 nitrogen and oxygen atoms in total. The maximum Gasteiger partial charge on any atom is 0.0235 e. The summed E-state index contributed by atoms with van der Waals surface area (Å²) in [6.45, 7) is 10.5. The first-order valence-corrected chi connectivity index (χ1v) is 10.2. The molecule has 0 bridgehead atoms. The zero-order valence-electron chi connectivity index (χ0n) is 15.9. The van der Waals surface area contributed by atoms with Crippen molar-refractivity contribution in [3.63, 3.8) is 0 Å². The number of aryl methyl sites for hydroxylation is 1. The Morgan fingerprint density at radius 2 is 1.76 bits per heavy atom. The van der Waals surface area contributed by atoms with E-state index in [-0.39, 0.29) is 0 Å². The number of piperazine rings is 1. The standard InChI is InChI=1S/C21H31N3S/c1-18-14-21(17-25-18)20-7-4-6-19(15-20)16-24-12-10-23(11-13-24)9-5-8-22(2)3/h4,6-7,14-15,17H,5,8-13,16H2,1-3H3. The van der Waals surface area contributed by atoms with Crippen molar-refractivity contribution in [1.82, 2.24) is 14.7 Å². The smallest absolute Gasteiger partial charge is 0.0235 e. The zero-order valence-corrected chi connectivity index (χ0v) is 16.7. The fourth-order valence-corrected chi connectivity index (χ4v) is 4.20. The predicted octanol–water partition coefficient (Wildman–Crippen LogP) is 3.79. The number of nitrogens with zero attached hydrogens (tertiary/aromatic N) is 3. The molecule has 2 aromatic rings. The Morgan fingerprint density at radius 1 is 1.00 bits per heavy atom. The van der Waals surface area contributed by atoms with Crippen molar-refractivity contribution in [1.29, 1.82) is 0 Å². The van der Waals surface area contributed by atoms with Crippen LogP contribution in [-0.4, -0.2) is 68.1 Å². The van der Waals surface area contributed by atoms with Gasteiger partial charge in [0.05, 0.1) is 0 Å². The van der Waals surface area contributed by atoms with Crippen LogP contribution in [0.3, 0.4) is 0 Å². The molecule has 0 unspecified atom stereocenters. The molecular formula is C21H31N3S. The third-order valence-electron chi connectivity index (χ3n) is 4.94. The maximum absolute atomic E-state index is 2.62. The van der Waals surface area contributed by atoms with Gasteiger partial charge in [-0.05, 0) is 74.7 Å². The summed E-state index contributed by atoms with van der Waals surface area (Å²) in [5.41, 5.74) is 4.14. The molecule has 1 fully saturated rings. The molecule has 136 valence electrons. The van der Waals surface area contributed by atoms with Crippen LogP contribution in [0.4, 0.5) is 0 Å². The molecular weight excluding hydrogens is 326 g/mol. The van der Waals surface area contributed by atoms with E-state index in [0.29, 0.717) is 0 Å². The third-order valence-corrected chi connectivity index (χ3v) is 5.80. The Hall–Kier alpha value is -1.20. The lowest BCUT2D eigenvalue weighted by molar-refractivity contribution is 0.124. The van der Waals surface area contributed by atoms with Crippen molar-refractivity contribution >= 4 is 11.3 Å². The lowest BCUT2D eigenvalue weighted by atomic mass is 10.1. The minimum atomic E-state index is 1.07. The first kappa shape index (κ1) is 18.6. The molecule has 0 radical (unpaired) electrons. The molecule has 25 heavy (non-hydrogen) atoms.